The Morgan fingerprint density at radius 3 is 2.72 bits per heavy atom. The third-order valence-corrected chi connectivity index (χ3v) is 3.65. The lowest BCUT2D eigenvalue weighted by molar-refractivity contribution is -0.389. The molecule has 2 aromatic rings. The number of aromatic nitrogens is 2. The van der Waals surface area contributed by atoms with Gasteiger partial charge < -0.3 is 10.1 Å². The normalized spacial score (nSPS) is 10.6. The van der Waals surface area contributed by atoms with Gasteiger partial charge in [0.25, 0.3) is 0 Å². The summed E-state index contributed by atoms with van der Waals surface area (Å²) >= 11 is 1.41. The number of hydrogen-bond acceptors (Lipinski definition) is 5. The molecule has 0 radical (unpaired) electrons. The van der Waals surface area contributed by atoms with Crippen molar-refractivity contribution in [3.05, 3.63) is 43.3 Å². The minimum atomic E-state index is -0.513. The van der Waals surface area contributed by atoms with Crippen LogP contribution in [0.4, 0.5) is 5.82 Å². The molecule has 0 spiro atoms. The number of carbonyl (C=O) groups is 1. The summed E-state index contributed by atoms with van der Waals surface area (Å²) in [5.41, 5.74) is 1.68. The van der Waals surface area contributed by atoms with E-state index in [0.29, 0.717) is 11.4 Å². The van der Waals surface area contributed by atoms with Gasteiger partial charge in [-0.05, 0) is 30.4 Å². The van der Waals surface area contributed by atoms with E-state index in [1.807, 2.05) is 6.92 Å². The predicted molar refractivity (Wildman–Crippen MR) is 67.2 cm³/mol. The van der Waals surface area contributed by atoms with Crippen LogP contribution in [0.2, 0.25) is 0 Å². The fraction of sp³-hybridized carbons (Fsp3) is 0.273. The summed E-state index contributed by atoms with van der Waals surface area (Å²) in [5.74, 6) is -0.156. The van der Waals surface area contributed by atoms with Crippen LogP contribution in [0.25, 0.3) is 0 Å². The van der Waals surface area contributed by atoms with Crippen molar-refractivity contribution in [3.8, 4) is 0 Å². The van der Waals surface area contributed by atoms with Crippen LogP contribution >= 0.6 is 11.3 Å². The fourth-order valence-electron chi connectivity index (χ4n) is 1.66. The topological polar surface area (TPSA) is 78.0 Å². The number of nitro groups is 1. The Balaban J connectivity index is 2.30. The summed E-state index contributed by atoms with van der Waals surface area (Å²) in [6, 6.07) is 3.22. The molecule has 2 heterocycles. The molecule has 0 aliphatic rings. The summed E-state index contributed by atoms with van der Waals surface area (Å²) in [6.45, 7) is 4.12. The molecule has 0 saturated heterocycles. The zero-order chi connectivity index (χ0) is 13.3. The maximum absolute atomic E-state index is 10.7. The van der Waals surface area contributed by atoms with Gasteiger partial charge in [0.15, 0.2) is 6.29 Å². The Bertz CT molecular complexity index is 615. The Hall–Kier alpha value is -2.02. The standard InChI is InChI=1S/C11H11N3O3S/c1-7-3-11(14(16)17)12-13(7)5-9-4-10(6-15)18-8(9)2/h3-4,6H,5H2,1-2H3. The predicted octanol–water partition coefficient (Wildman–Crippen LogP) is 2.33. The van der Waals surface area contributed by atoms with E-state index in [0.717, 1.165) is 22.4 Å². The van der Waals surface area contributed by atoms with Crippen molar-refractivity contribution in [3.63, 3.8) is 0 Å². The van der Waals surface area contributed by atoms with Crippen molar-refractivity contribution in [2.75, 3.05) is 0 Å². The van der Waals surface area contributed by atoms with Crippen LogP contribution in [0.1, 0.15) is 25.8 Å². The molecule has 0 bridgehead atoms. The number of carbonyl (C=O) groups excluding carboxylic acids is 1. The smallest absolute Gasteiger partial charge is 0.358 e. The molecule has 0 unspecified atom stereocenters. The molecule has 18 heavy (non-hydrogen) atoms. The minimum absolute atomic E-state index is 0.156. The highest BCUT2D eigenvalue weighted by atomic mass is 32.1. The van der Waals surface area contributed by atoms with E-state index in [-0.39, 0.29) is 5.82 Å². The van der Waals surface area contributed by atoms with E-state index in [9.17, 15) is 14.9 Å². The summed E-state index contributed by atoms with van der Waals surface area (Å²) in [6.07, 6.45) is 0.805. The molecule has 0 amide bonds. The molecule has 0 atom stereocenters. The van der Waals surface area contributed by atoms with Gasteiger partial charge in [0.05, 0.1) is 28.3 Å². The van der Waals surface area contributed by atoms with Crippen LogP contribution < -0.4 is 0 Å². The molecule has 94 valence electrons. The zero-order valence-corrected chi connectivity index (χ0v) is 10.7. The molecule has 2 aromatic heterocycles. The van der Waals surface area contributed by atoms with Crippen molar-refractivity contribution in [1.82, 2.24) is 9.78 Å². The lowest BCUT2D eigenvalue weighted by atomic mass is 10.2. The highest BCUT2D eigenvalue weighted by Crippen LogP contribution is 2.22. The second kappa shape index (κ2) is 4.69. The second-order valence-electron chi connectivity index (χ2n) is 3.91. The number of rotatable bonds is 4. The molecule has 7 heteroatoms. The van der Waals surface area contributed by atoms with Crippen molar-refractivity contribution < 1.29 is 9.72 Å². The molecule has 0 fully saturated rings. The van der Waals surface area contributed by atoms with Crippen LogP contribution in [-0.4, -0.2) is 21.0 Å². The van der Waals surface area contributed by atoms with Crippen molar-refractivity contribution in [1.29, 1.82) is 0 Å². The van der Waals surface area contributed by atoms with Gasteiger partial charge in [0, 0.05) is 4.88 Å². The van der Waals surface area contributed by atoms with E-state index >= 15 is 0 Å². The molecule has 0 aliphatic heterocycles. The minimum Gasteiger partial charge on any atom is -0.358 e. The maximum atomic E-state index is 10.7. The number of nitrogens with zero attached hydrogens (tertiary/aromatic N) is 3. The van der Waals surface area contributed by atoms with E-state index < -0.39 is 4.92 Å². The monoisotopic (exact) mass is 265 g/mol. The Morgan fingerprint density at radius 2 is 2.22 bits per heavy atom. The van der Waals surface area contributed by atoms with Crippen molar-refractivity contribution in [2.45, 2.75) is 20.4 Å². The van der Waals surface area contributed by atoms with Crippen LogP contribution in [0.5, 0.6) is 0 Å². The van der Waals surface area contributed by atoms with Gasteiger partial charge in [-0.15, -0.1) is 11.3 Å². The average Bonchev–Trinajstić information content (AvgIpc) is 2.85. The molecular weight excluding hydrogens is 254 g/mol. The Kier molecular flexibility index (Phi) is 3.24. The van der Waals surface area contributed by atoms with Gasteiger partial charge in [-0.2, -0.15) is 4.68 Å². The largest absolute Gasteiger partial charge is 0.390 e. The van der Waals surface area contributed by atoms with Crippen LogP contribution in [0.3, 0.4) is 0 Å². The Morgan fingerprint density at radius 1 is 1.50 bits per heavy atom. The fourth-order valence-corrected chi connectivity index (χ4v) is 2.52. The van der Waals surface area contributed by atoms with Crippen LogP contribution in [0, 0.1) is 24.0 Å². The van der Waals surface area contributed by atoms with E-state index in [1.54, 1.807) is 17.7 Å². The highest BCUT2D eigenvalue weighted by Gasteiger charge is 2.16. The van der Waals surface area contributed by atoms with Gasteiger partial charge in [-0.3, -0.25) is 4.79 Å². The first kappa shape index (κ1) is 12.4. The van der Waals surface area contributed by atoms with Crippen LogP contribution in [-0.2, 0) is 6.54 Å². The Labute approximate surface area is 107 Å². The van der Waals surface area contributed by atoms with Gasteiger partial charge in [-0.1, -0.05) is 0 Å². The quantitative estimate of drug-likeness (QED) is 0.483. The lowest BCUT2D eigenvalue weighted by Gasteiger charge is -1.98. The molecule has 0 aromatic carbocycles. The number of aryl methyl sites for hydroxylation is 2. The second-order valence-corrected chi connectivity index (χ2v) is 5.19. The van der Waals surface area contributed by atoms with E-state index in [1.165, 1.54) is 17.4 Å². The maximum Gasteiger partial charge on any atom is 0.390 e. The first-order valence-corrected chi connectivity index (χ1v) is 6.06. The molecule has 2 rings (SSSR count). The first-order chi connectivity index (χ1) is 8.51. The summed E-state index contributed by atoms with van der Waals surface area (Å²) in [5, 5.41) is 14.5. The third kappa shape index (κ3) is 2.30. The zero-order valence-electron chi connectivity index (χ0n) is 9.91. The molecule has 0 saturated carbocycles. The molecule has 0 aliphatic carbocycles. The average molecular weight is 265 g/mol. The number of hydrogen-bond donors (Lipinski definition) is 0. The summed E-state index contributed by atoms with van der Waals surface area (Å²) < 4.78 is 1.57. The first-order valence-electron chi connectivity index (χ1n) is 5.24. The number of aldehydes is 1. The lowest BCUT2D eigenvalue weighted by Crippen LogP contribution is -2.04. The van der Waals surface area contributed by atoms with Crippen molar-refractivity contribution >= 4 is 23.4 Å². The molecule has 0 N–H and O–H groups in total. The van der Waals surface area contributed by atoms with Gasteiger partial charge >= 0.3 is 5.82 Å². The van der Waals surface area contributed by atoms with Crippen LogP contribution in [0.15, 0.2) is 12.1 Å². The van der Waals surface area contributed by atoms with Gasteiger partial charge in [0.1, 0.15) is 0 Å². The van der Waals surface area contributed by atoms with Crippen molar-refractivity contribution in [2.24, 2.45) is 0 Å². The summed E-state index contributed by atoms with van der Waals surface area (Å²) in [7, 11) is 0. The van der Waals surface area contributed by atoms with E-state index in [2.05, 4.69) is 5.10 Å². The van der Waals surface area contributed by atoms with Gasteiger partial charge in [-0.25, -0.2) is 0 Å². The van der Waals surface area contributed by atoms with Gasteiger partial charge in [0.2, 0.25) is 0 Å². The molecular formula is C11H11N3O3S. The summed E-state index contributed by atoms with van der Waals surface area (Å²) in [4.78, 5) is 22.5. The third-order valence-electron chi connectivity index (χ3n) is 2.63. The highest BCUT2D eigenvalue weighted by molar-refractivity contribution is 7.13. The SMILES string of the molecule is Cc1sc(C=O)cc1Cn1nc([N+](=O)[O-])cc1C. The van der Waals surface area contributed by atoms with E-state index in [4.69, 9.17) is 0 Å². The molecule has 6 nitrogen and oxygen atoms in total. The number of thiophene rings is 1.